The maximum atomic E-state index is 11.3. The third-order valence-corrected chi connectivity index (χ3v) is 3.73. The molecule has 138 valence electrons. The lowest BCUT2D eigenvalue weighted by Crippen LogP contribution is -2.04. The third-order valence-electron chi connectivity index (χ3n) is 3.73. The van der Waals surface area contributed by atoms with Crippen molar-refractivity contribution in [2.24, 2.45) is 5.10 Å². The van der Waals surface area contributed by atoms with E-state index in [2.05, 4.69) is 21.6 Å². The first-order chi connectivity index (χ1) is 13.0. The quantitative estimate of drug-likeness (QED) is 0.466. The van der Waals surface area contributed by atoms with Gasteiger partial charge in [-0.25, -0.2) is 4.98 Å². The van der Waals surface area contributed by atoms with Crippen molar-refractivity contribution in [3.05, 3.63) is 50.7 Å². The zero-order valence-electron chi connectivity index (χ0n) is 14.6. The van der Waals surface area contributed by atoms with Crippen LogP contribution in [-0.4, -0.2) is 30.0 Å². The van der Waals surface area contributed by atoms with Crippen molar-refractivity contribution in [3.8, 4) is 17.6 Å². The van der Waals surface area contributed by atoms with Crippen molar-refractivity contribution in [1.29, 1.82) is 5.26 Å². The number of anilines is 1. The second-order valence-electron chi connectivity index (χ2n) is 5.58. The number of hydrazone groups is 1. The van der Waals surface area contributed by atoms with E-state index in [1.54, 1.807) is 13.0 Å². The third kappa shape index (κ3) is 3.78. The first-order valence-corrected chi connectivity index (χ1v) is 7.80. The Morgan fingerprint density at radius 2 is 2.19 bits per heavy atom. The Hall–Kier alpha value is -3.71. The number of ether oxygens (including phenoxy) is 3. The summed E-state index contributed by atoms with van der Waals surface area (Å²) < 4.78 is 15.5. The van der Waals surface area contributed by atoms with Crippen LogP contribution in [0.15, 0.2) is 23.3 Å². The minimum Gasteiger partial charge on any atom is -0.454 e. The smallest absolute Gasteiger partial charge is 0.282 e. The lowest BCUT2D eigenvalue weighted by Gasteiger charge is -2.09. The molecule has 0 spiro atoms. The van der Waals surface area contributed by atoms with Crippen molar-refractivity contribution in [1.82, 2.24) is 4.98 Å². The molecule has 0 saturated carbocycles. The number of hydrogen-bond donors (Lipinski definition) is 1. The van der Waals surface area contributed by atoms with Crippen LogP contribution in [-0.2, 0) is 11.3 Å². The zero-order valence-corrected chi connectivity index (χ0v) is 14.6. The Balaban J connectivity index is 1.91. The highest BCUT2D eigenvalue weighted by molar-refractivity contribution is 5.87. The summed E-state index contributed by atoms with van der Waals surface area (Å²) in [6.07, 6.45) is 1.27. The van der Waals surface area contributed by atoms with Crippen LogP contribution in [0.4, 0.5) is 11.5 Å². The molecule has 1 N–H and O–H groups in total. The van der Waals surface area contributed by atoms with Gasteiger partial charge in [0, 0.05) is 18.4 Å². The van der Waals surface area contributed by atoms with Crippen LogP contribution >= 0.6 is 0 Å². The number of pyridine rings is 1. The summed E-state index contributed by atoms with van der Waals surface area (Å²) in [7, 11) is 1.53. The highest BCUT2D eigenvalue weighted by Gasteiger charge is 2.22. The van der Waals surface area contributed by atoms with Crippen molar-refractivity contribution in [2.75, 3.05) is 19.3 Å². The Bertz CT molecular complexity index is 967. The molecule has 2 heterocycles. The number of hydrogen-bond acceptors (Lipinski definition) is 9. The van der Waals surface area contributed by atoms with Gasteiger partial charge in [-0.15, -0.1) is 0 Å². The van der Waals surface area contributed by atoms with Gasteiger partial charge in [0.15, 0.2) is 17.3 Å². The molecule has 0 fully saturated rings. The number of nitrogens with zero attached hydrogens (tertiary/aromatic N) is 4. The number of methoxy groups -OCH3 is 1. The van der Waals surface area contributed by atoms with Crippen LogP contribution < -0.4 is 14.9 Å². The Morgan fingerprint density at radius 1 is 1.44 bits per heavy atom. The number of nitrogens with one attached hydrogen (secondary N) is 1. The van der Waals surface area contributed by atoms with Gasteiger partial charge in [-0.3, -0.25) is 15.5 Å². The van der Waals surface area contributed by atoms with Crippen molar-refractivity contribution < 1.29 is 19.1 Å². The van der Waals surface area contributed by atoms with E-state index < -0.39 is 4.92 Å². The van der Waals surface area contributed by atoms with E-state index in [4.69, 9.17) is 14.2 Å². The molecular formula is C17H15N5O5. The summed E-state index contributed by atoms with van der Waals surface area (Å²) in [5.74, 6) is 0.947. The topological polar surface area (TPSA) is 132 Å². The monoisotopic (exact) mass is 369 g/mol. The van der Waals surface area contributed by atoms with E-state index in [1.807, 2.05) is 0 Å². The van der Waals surface area contributed by atoms with E-state index >= 15 is 0 Å². The van der Waals surface area contributed by atoms with Crippen LogP contribution in [0.5, 0.6) is 11.5 Å². The van der Waals surface area contributed by atoms with E-state index in [0.717, 1.165) is 0 Å². The average Bonchev–Trinajstić information content (AvgIpc) is 3.08. The number of nitro benzene ring substituents is 1. The fourth-order valence-corrected chi connectivity index (χ4v) is 2.59. The predicted octanol–water partition coefficient (Wildman–Crippen LogP) is 2.49. The van der Waals surface area contributed by atoms with Crippen LogP contribution in [0.3, 0.4) is 0 Å². The maximum absolute atomic E-state index is 11.3. The minimum atomic E-state index is -0.536. The second kappa shape index (κ2) is 7.67. The Kier molecular flexibility index (Phi) is 5.14. The van der Waals surface area contributed by atoms with E-state index in [-0.39, 0.29) is 30.5 Å². The lowest BCUT2D eigenvalue weighted by atomic mass is 10.1. The van der Waals surface area contributed by atoms with Gasteiger partial charge in [0.25, 0.3) is 5.69 Å². The summed E-state index contributed by atoms with van der Waals surface area (Å²) in [5, 5.41) is 24.7. The molecule has 0 bridgehead atoms. The minimum absolute atomic E-state index is 0.00630. The first-order valence-electron chi connectivity index (χ1n) is 7.80. The zero-order chi connectivity index (χ0) is 19.4. The number of benzene rings is 1. The molecular weight excluding hydrogens is 354 g/mol. The molecule has 10 heteroatoms. The van der Waals surface area contributed by atoms with E-state index in [9.17, 15) is 15.4 Å². The molecule has 0 amide bonds. The van der Waals surface area contributed by atoms with E-state index in [1.165, 1.54) is 25.5 Å². The largest absolute Gasteiger partial charge is 0.454 e. The number of fused-ring (bicyclic) bond motifs is 1. The fourth-order valence-electron chi connectivity index (χ4n) is 2.59. The molecule has 0 unspecified atom stereocenters. The standard InChI is InChI=1S/C17H15N5O5/c1-10-3-12(8-25-2)13(6-18)17(20-10)21-19-7-11-4-15-16(27-9-26-15)5-14(11)22(23)24/h3-5,7H,8-9H2,1-2H3,(H,20,21)/b19-7-. The fraction of sp³-hybridized carbons (Fsp3) is 0.235. The summed E-state index contributed by atoms with van der Waals surface area (Å²) in [5.41, 5.74) is 4.35. The SMILES string of the molecule is COCc1cc(C)nc(N/N=C\c2cc3c(cc2[N+](=O)[O-])OCO3)c1C#N. The lowest BCUT2D eigenvalue weighted by molar-refractivity contribution is -0.385. The van der Waals surface area contributed by atoms with Crippen LogP contribution in [0, 0.1) is 28.4 Å². The summed E-state index contributed by atoms with van der Waals surface area (Å²) >= 11 is 0. The van der Waals surface area contributed by atoms with Gasteiger partial charge in [0.2, 0.25) is 6.79 Å². The van der Waals surface area contributed by atoms with Crippen molar-refractivity contribution in [3.63, 3.8) is 0 Å². The molecule has 1 aliphatic rings. The van der Waals surface area contributed by atoms with E-state index in [0.29, 0.717) is 28.3 Å². The normalized spacial score (nSPS) is 12.2. The van der Waals surface area contributed by atoms with Crippen LogP contribution in [0.2, 0.25) is 0 Å². The molecule has 0 atom stereocenters. The van der Waals surface area contributed by atoms with Crippen LogP contribution in [0.25, 0.3) is 0 Å². The molecule has 3 rings (SSSR count). The molecule has 2 aromatic rings. The molecule has 10 nitrogen and oxygen atoms in total. The molecule has 0 saturated heterocycles. The average molecular weight is 369 g/mol. The van der Waals surface area contributed by atoms with Gasteiger partial charge in [-0.05, 0) is 19.1 Å². The Morgan fingerprint density at radius 3 is 2.85 bits per heavy atom. The van der Waals surface area contributed by atoms with Crippen molar-refractivity contribution >= 4 is 17.7 Å². The number of nitriles is 1. The summed E-state index contributed by atoms with van der Waals surface area (Å²) in [4.78, 5) is 15.0. The highest BCUT2D eigenvalue weighted by Crippen LogP contribution is 2.37. The predicted molar refractivity (Wildman–Crippen MR) is 94.8 cm³/mol. The number of aromatic nitrogens is 1. The molecule has 1 aromatic carbocycles. The number of aryl methyl sites for hydroxylation is 1. The van der Waals surface area contributed by atoms with Crippen molar-refractivity contribution in [2.45, 2.75) is 13.5 Å². The van der Waals surface area contributed by atoms with Gasteiger partial charge >= 0.3 is 0 Å². The van der Waals surface area contributed by atoms with Gasteiger partial charge in [-0.1, -0.05) is 0 Å². The Labute approximate surface area is 154 Å². The molecule has 1 aromatic heterocycles. The molecule has 0 aliphatic carbocycles. The number of nitro groups is 1. The molecule has 1 aliphatic heterocycles. The number of rotatable bonds is 6. The van der Waals surface area contributed by atoms with Crippen LogP contribution in [0.1, 0.15) is 22.4 Å². The highest BCUT2D eigenvalue weighted by atomic mass is 16.7. The summed E-state index contributed by atoms with van der Waals surface area (Å²) in [6, 6.07) is 6.57. The van der Waals surface area contributed by atoms with Gasteiger partial charge in [0.05, 0.1) is 29.4 Å². The summed E-state index contributed by atoms with van der Waals surface area (Å²) in [6.45, 7) is 2.03. The van der Waals surface area contributed by atoms with Gasteiger partial charge in [-0.2, -0.15) is 10.4 Å². The maximum Gasteiger partial charge on any atom is 0.282 e. The molecule has 0 radical (unpaired) electrons. The van der Waals surface area contributed by atoms with Gasteiger partial charge in [0.1, 0.15) is 11.6 Å². The van der Waals surface area contributed by atoms with Gasteiger partial charge < -0.3 is 14.2 Å². The second-order valence-corrected chi connectivity index (χ2v) is 5.58. The molecule has 27 heavy (non-hydrogen) atoms. The first kappa shape index (κ1) is 18.1.